The molecule has 3 amide bonds. The van der Waals surface area contributed by atoms with E-state index in [9.17, 15) is 27.6 Å². The average molecular weight is 393 g/mol. The minimum absolute atomic E-state index is 0.119. The standard InChI is InChI=1S/C15H18F3N3O4S/c1-26-7-6-11(21-14(19)24)13(23)25-8-12(22)20-10-4-2-9(3-5-10)15(16,17)18/h2-5,11H,6-8H2,1H3,(H,20,22)(H3,19,21,24)/t11-/m1/s1. The molecule has 0 aliphatic rings. The molecular weight excluding hydrogens is 375 g/mol. The minimum Gasteiger partial charge on any atom is -0.454 e. The molecule has 144 valence electrons. The molecule has 0 saturated carbocycles. The second-order valence-corrected chi connectivity index (χ2v) is 6.06. The van der Waals surface area contributed by atoms with Gasteiger partial charge in [-0.2, -0.15) is 24.9 Å². The summed E-state index contributed by atoms with van der Waals surface area (Å²) in [6.07, 6.45) is -2.40. The number of carbonyl (C=O) groups excluding carboxylic acids is 3. The van der Waals surface area contributed by atoms with Crippen LogP contribution in [0.1, 0.15) is 12.0 Å². The van der Waals surface area contributed by atoms with Gasteiger partial charge in [0, 0.05) is 5.69 Å². The zero-order valence-electron chi connectivity index (χ0n) is 13.8. The van der Waals surface area contributed by atoms with Gasteiger partial charge in [-0.1, -0.05) is 0 Å². The Hall–Kier alpha value is -2.43. The van der Waals surface area contributed by atoms with Gasteiger partial charge in [0.1, 0.15) is 6.04 Å². The molecule has 0 aliphatic carbocycles. The molecular formula is C15H18F3N3O4S. The quantitative estimate of drug-likeness (QED) is 0.585. The number of benzene rings is 1. The van der Waals surface area contributed by atoms with Crippen LogP contribution in [0.5, 0.6) is 0 Å². The highest BCUT2D eigenvalue weighted by atomic mass is 32.2. The van der Waals surface area contributed by atoms with Gasteiger partial charge in [0.15, 0.2) is 6.61 Å². The number of carbonyl (C=O) groups is 3. The number of hydrogen-bond donors (Lipinski definition) is 3. The molecule has 26 heavy (non-hydrogen) atoms. The van der Waals surface area contributed by atoms with Crippen LogP contribution in [0.4, 0.5) is 23.7 Å². The molecule has 1 atom stereocenters. The summed E-state index contributed by atoms with van der Waals surface area (Å²) < 4.78 is 42.2. The van der Waals surface area contributed by atoms with Crippen LogP contribution in [-0.2, 0) is 20.5 Å². The van der Waals surface area contributed by atoms with Crippen molar-refractivity contribution in [1.29, 1.82) is 0 Å². The summed E-state index contributed by atoms with van der Waals surface area (Å²) in [4.78, 5) is 34.5. The summed E-state index contributed by atoms with van der Waals surface area (Å²) in [5.41, 5.74) is 4.25. The normalized spacial score (nSPS) is 12.2. The fraction of sp³-hybridized carbons (Fsp3) is 0.400. The number of urea groups is 1. The Morgan fingerprint density at radius 2 is 1.85 bits per heavy atom. The van der Waals surface area contributed by atoms with E-state index in [1.807, 2.05) is 6.26 Å². The first-order valence-corrected chi connectivity index (χ1v) is 8.71. The molecule has 11 heteroatoms. The molecule has 0 saturated heterocycles. The van der Waals surface area contributed by atoms with Gasteiger partial charge in [0.25, 0.3) is 5.91 Å². The van der Waals surface area contributed by atoms with Gasteiger partial charge in [-0.25, -0.2) is 9.59 Å². The van der Waals surface area contributed by atoms with Gasteiger partial charge in [-0.05, 0) is 42.7 Å². The Labute approximate surface area is 151 Å². The zero-order valence-corrected chi connectivity index (χ0v) is 14.6. The smallest absolute Gasteiger partial charge is 0.416 e. The van der Waals surface area contributed by atoms with E-state index < -0.39 is 42.3 Å². The predicted octanol–water partition coefficient (Wildman–Crippen LogP) is 1.98. The molecule has 0 unspecified atom stereocenters. The number of thioether (sulfide) groups is 1. The molecule has 4 N–H and O–H groups in total. The lowest BCUT2D eigenvalue weighted by Crippen LogP contribution is -2.45. The Bertz CT molecular complexity index is 638. The number of anilines is 1. The van der Waals surface area contributed by atoms with Crippen molar-refractivity contribution in [2.24, 2.45) is 5.73 Å². The van der Waals surface area contributed by atoms with Crippen molar-refractivity contribution < 1.29 is 32.3 Å². The van der Waals surface area contributed by atoms with E-state index in [0.29, 0.717) is 5.75 Å². The maximum absolute atomic E-state index is 12.5. The molecule has 0 spiro atoms. The van der Waals surface area contributed by atoms with Crippen molar-refractivity contribution in [3.63, 3.8) is 0 Å². The van der Waals surface area contributed by atoms with Crippen molar-refractivity contribution >= 4 is 35.4 Å². The van der Waals surface area contributed by atoms with Gasteiger partial charge in [0.05, 0.1) is 5.56 Å². The van der Waals surface area contributed by atoms with E-state index in [1.165, 1.54) is 11.8 Å². The Morgan fingerprint density at radius 3 is 2.35 bits per heavy atom. The van der Waals surface area contributed by atoms with E-state index in [2.05, 4.69) is 10.6 Å². The number of nitrogens with two attached hydrogens (primary N) is 1. The lowest BCUT2D eigenvalue weighted by atomic mass is 10.2. The SMILES string of the molecule is CSCC[C@@H](NC(N)=O)C(=O)OCC(=O)Nc1ccc(C(F)(F)F)cc1. The maximum Gasteiger partial charge on any atom is 0.416 e. The molecule has 0 heterocycles. The van der Waals surface area contributed by atoms with Gasteiger partial charge in [-0.15, -0.1) is 0 Å². The molecule has 0 fully saturated rings. The summed E-state index contributed by atoms with van der Waals surface area (Å²) in [7, 11) is 0. The van der Waals surface area contributed by atoms with Gasteiger partial charge in [-0.3, -0.25) is 4.79 Å². The van der Waals surface area contributed by atoms with E-state index in [1.54, 1.807) is 0 Å². The van der Waals surface area contributed by atoms with E-state index >= 15 is 0 Å². The predicted molar refractivity (Wildman–Crippen MR) is 90.5 cm³/mol. The second-order valence-electron chi connectivity index (χ2n) is 5.07. The van der Waals surface area contributed by atoms with E-state index in [4.69, 9.17) is 10.5 Å². The first-order valence-electron chi connectivity index (χ1n) is 7.32. The number of hydrogen-bond acceptors (Lipinski definition) is 5. The molecule has 1 rings (SSSR count). The third-order valence-electron chi connectivity index (χ3n) is 3.05. The Balaban J connectivity index is 2.53. The van der Waals surface area contributed by atoms with Crippen molar-refractivity contribution in [2.75, 3.05) is 23.9 Å². The van der Waals surface area contributed by atoms with Crippen LogP contribution in [-0.4, -0.2) is 42.6 Å². The summed E-state index contributed by atoms with van der Waals surface area (Å²) >= 11 is 1.44. The molecule has 0 bridgehead atoms. The first kappa shape index (κ1) is 21.6. The van der Waals surface area contributed by atoms with Crippen LogP contribution >= 0.6 is 11.8 Å². The number of primary amides is 1. The van der Waals surface area contributed by atoms with Crippen LogP contribution in [0.2, 0.25) is 0 Å². The van der Waals surface area contributed by atoms with Gasteiger partial charge < -0.3 is 21.1 Å². The number of esters is 1. The highest BCUT2D eigenvalue weighted by Gasteiger charge is 2.30. The fourth-order valence-electron chi connectivity index (χ4n) is 1.83. The fourth-order valence-corrected chi connectivity index (χ4v) is 2.30. The lowest BCUT2D eigenvalue weighted by Gasteiger charge is -2.16. The van der Waals surface area contributed by atoms with Gasteiger partial charge >= 0.3 is 18.2 Å². The molecule has 0 radical (unpaired) electrons. The van der Waals surface area contributed by atoms with E-state index in [-0.39, 0.29) is 12.1 Å². The van der Waals surface area contributed by atoms with Gasteiger partial charge in [0.2, 0.25) is 0 Å². The van der Waals surface area contributed by atoms with Crippen LogP contribution < -0.4 is 16.4 Å². The van der Waals surface area contributed by atoms with Crippen molar-refractivity contribution in [3.05, 3.63) is 29.8 Å². The number of ether oxygens (including phenoxy) is 1. The number of amides is 3. The molecule has 0 aromatic heterocycles. The monoisotopic (exact) mass is 393 g/mol. The summed E-state index contributed by atoms with van der Waals surface area (Å²) in [6, 6.07) is 1.91. The average Bonchev–Trinajstić information content (AvgIpc) is 2.55. The van der Waals surface area contributed by atoms with Crippen LogP contribution in [0.25, 0.3) is 0 Å². The van der Waals surface area contributed by atoms with Crippen molar-refractivity contribution in [1.82, 2.24) is 5.32 Å². The first-order chi connectivity index (χ1) is 12.1. The highest BCUT2D eigenvalue weighted by molar-refractivity contribution is 7.98. The number of nitrogens with one attached hydrogen (secondary N) is 2. The van der Waals surface area contributed by atoms with Crippen LogP contribution in [0.3, 0.4) is 0 Å². The van der Waals surface area contributed by atoms with Crippen LogP contribution in [0.15, 0.2) is 24.3 Å². The second kappa shape index (κ2) is 9.90. The largest absolute Gasteiger partial charge is 0.454 e. The molecule has 1 aromatic rings. The van der Waals surface area contributed by atoms with Crippen molar-refractivity contribution in [3.8, 4) is 0 Å². The zero-order chi connectivity index (χ0) is 19.7. The molecule has 1 aromatic carbocycles. The number of halogens is 3. The number of alkyl halides is 3. The Kier molecular flexibility index (Phi) is 8.23. The van der Waals surface area contributed by atoms with Crippen LogP contribution in [0, 0.1) is 0 Å². The minimum atomic E-state index is -4.47. The third-order valence-corrected chi connectivity index (χ3v) is 3.70. The summed E-state index contributed by atoms with van der Waals surface area (Å²) in [5.74, 6) is -1.01. The highest BCUT2D eigenvalue weighted by Crippen LogP contribution is 2.29. The molecule has 0 aliphatic heterocycles. The third kappa shape index (κ3) is 7.64. The van der Waals surface area contributed by atoms with Crippen molar-refractivity contribution in [2.45, 2.75) is 18.6 Å². The van der Waals surface area contributed by atoms with E-state index in [0.717, 1.165) is 24.3 Å². The summed E-state index contributed by atoms with van der Waals surface area (Å²) in [6.45, 7) is -0.657. The Morgan fingerprint density at radius 1 is 1.23 bits per heavy atom. The topological polar surface area (TPSA) is 111 Å². The lowest BCUT2D eigenvalue weighted by molar-refractivity contribution is -0.149. The number of rotatable bonds is 8. The molecule has 7 nitrogen and oxygen atoms in total. The summed E-state index contributed by atoms with van der Waals surface area (Å²) in [5, 5.41) is 4.52. The maximum atomic E-state index is 12.5.